The van der Waals surface area contributed by atoms with E-state index in [0.717, 1.165) is 16.7 Å². The molecule has 1 atom stereocenters. The van der Waals surface area contributed by atoms with Crippen LogP contribution >= 0.6 is 26.4 Å². The Morgan fingerprint density at radius 1 is 1.43 bits per heavy atom. The van der Waals surface area contributed by atoms with Gasteiger partial charge in [0.15, 0.2) is 0 Å². The first-order valence-corrected chi connectivity index (χ1v) is 7.26. The Morgan fingerprint density at radius 3 is 2.93 bits per heavy atom. The second-order valence-corrected chi connectivity index (χ2v) is 5.72. The van der Waals surface area contributed by atoms with Crippen LogP contribution in [0.1, 0.15) is 12.5 Å². The number of fused-ring (bicyclic) bond motifs is 1. The Balaban J connectivity index is 2.58. The third-order valence-electron chi connectivity index (χ3n) is 2.17. The number of rotatable bonds is 1. The summed E-state index contributed by atoms with van der Waals surface area (Å²) in [6.45, 7) is 2.06. The molecule has 0 aliphatic carbocycles. The lowest BCUT2D eigenvalue weighted by atomic mass is 10.2. The predicted octanol–water partition coefficient (Wildman–Crippen LogP) is 3.75. The minimum absolute atomic E-state index is 0.216. The number of aliphatic imine (C=N–C) groups is 1. The number of nitrogens with zero attached hydrogens (tertiary/aromatic N) is 1. The van der Waals surface area contributed by atoms with E-state index in [1.807, 2.05) is 0 Å². The maximum absolute atomic E-state index is 4.52. The summed E-state index contributed by atoms with van der Waals surface area (Å²) in [5, 5.41) is 3.15. The van der Waals surface area contributed by atoms with Crippen molar-refractivity contribution in [2.24, 2.45) is 4.99 Å². The number of benzene rings is 1. The molecule has 1 nitrogen and oxygen atoms in total. The molecule has 1 aliphatic heterocycles. The summed E-state index contributed by atoms with van der Waals surface area (Å²) in [7, 11) is 0.216. The van der Waals surface area contributed by atoms with E-state index in [2.05, 4.69) is 57.7 Å². The van der Waals surface area contributed by atoms with Crippen molar-refractivity contribution in [3.05, 3.63) is 23.8 Å². The molecule has 2 rings (SSSR count). The molecule has 1 aliphatic rings. The van der Waals surface area contributed by atoms with Gasteiger partial charge in [0.25, 0.3) is 0 Å². The first-order chi connectivity index (χ1) is 6.70. The SMILES string of the molecule is CC1=Nc2ccc(CBr)cc2S(C)=C1. The zero-order valence-corrected chi connectivity index (χ0v) is 10.7. The zero-order valence-electron chi connectivity index (χ0n) is 8.25. The van der Waals surface area contributed by atoms with Crippen molar-refractivity contribution in [3.8, 4) is 0 Å². The summed E-state index contributed by atoms with van der Waals surface area (Å²) < 4.78 is 0. The molecule has 0 bridgehead atoms. The maximum atomic E-state index is 4.52. The minimum atomic E-state index is 0.216. The van der Waals surface area contributed by atoms with Crippen LogP contribution < -0.4 is 0 Å². The fourth-order valence-electron chi connectivity index (χ4n) is 1.53. The maximum Gasteiger partial charge on any atom is 0.0764 e. The van der Waals surface area contributed by atoms with Crippen LogP contribution in [0.5, 0.6) is 0 Å². The van der Waals surface area contributed by atoms with Crippen molar-refractivity contribution >= 4 is 43.2 Å². The summed E-state index contributed by atoms with van der Waals surface area (Å²) in [6, 6.07) is 6.50. The zero-order chi connectivity index (χ0) is 10.1. The van der Waals surface area contributed by atoms with Gasteiger partial charge in [-0.1, -0.05) is 22.0 Å². The van der Waals surface area contributed by atoms with Gasteiger partial charge in [-0.2, -0.15) is 10.5 Å². The van der Waals surface area contributed by atoms with Crippen molar-refractivity contribution in [2.75, 3.05) is 6.26 Å². The van der Waals surface area contributed by atoms with Crippen molar-refractivity contribution < 1.29 is 0 Å². The molecule has 0 saturated carbocycles. The third-order valence-corrected chi connectivity index (χ3v) is 4.53. The molecule has 1 aromatic carbocycles. The van der Waals surface area contributed by atoms with E-state index in [-0.39, 0.29) is 10.5 Å². The van der Waals surface area contributed by atoms with Crippen LogP contribution in [0.2, 0.25) is 0 Å². The van der Waals surface area contributed by atoms with Crippen LogP contribution in [-0.4, -0.2) is 17.3 Å². The van der Waals surface area contributed by atoms with Crippen LogP contribution in [-0.2, 0) is 5.33 Å². The minimum Gasteiger partial charge on any atom is -0.252 e. The standard InChI is InChI=1S/C11H12BrNS/c1-8-7-14(2)11-5-9(6-12)3-4-10(11)13-8/h3-5,7H,6H2,1-2H3. The van der Waals surface area contributed by atoms with Gasteiger partial charge in [0.05, 0.1) is 5.69 Å². The molecule has 74 valence electrons. The first-order valence-electron chi connectivity index (χ1n) is 4.44. The van der Waals surface area contributed by atoms with Gasteiger partial charge in [-0.15, -0.1) is 0 Å². The van der Waals surface area contributed by atoms with Gasteiger partial charge in [0.2, 0.25) is 0 Å². The van der Waals surface area contributed by atoms with Gasteiger partial charge in [0.1, 0.15) is 0 Å². The second-order valence-electron chi connectivity index (χ2n) is 3.36. The fraction of sp³-hybridized carbons (Fsp3) is 0.273. The Kier molecular flexibility index (Phi) is 2.88. The molecule has 1 unspecified atom stereocenters. The molecule has 0 fully saturated rings. The van der Waals surface area contributed by atoms with E-state index in [1.165, 1.54) is 10.5 Å². The molecule has 14 heavy (non-hydrogen) atoms. The van der Waals surface area contributed by atoms with Crippen LogP contribution in [0.3, 0.4) is 0 Å². The molecular formula is C11H12BrNS. The molecule has 3 heteroatoms. The number of hydrogen-bond acceptors (Lipinski definition) is 1. The van der Waals surface area contributed by atoms with Crippen LogP contribution in [0, 0.1) is 0 Å². The van der Waals surface area contributed by atoms with Gasteiger partial charge >= 0.3 is 0 Å². The molecule has 0 spiro atoms. The quantitative estimate of drug-likeness (QED) is 0.544. The van der Waals surface area contributed by atoms with Crippen LogP contribution in [0.4, 0.5) is 5.69 Å². The average molecular weight is 270 g/mol. The number of alkyl halides is 1. The Morgan fingerprint density at radius 2 is 2.21 bits per heavy atom. The van der Waals surface area contributed by atoms with Crippen molar-refractivity contribution in [1.82, 2.24) is 0 Å². The van der Waals surface area contributed by atoms with Crippen molar-refractivity contribution in [1.29, 1.82) is 0 Å². The lowest BCUT2D eigenvalue weighted by molar-refractivity contribution is 1.30. The van der Waals surface area contributed by atoms with Crippen molar-refractivity contribution in [3.63, 3.8) is 0 Å². The van der Waals surface area contributed by atoms with Crippen LogP contribution in [0.25, 0.3) is 0 Å². The van der Waals surface area contributed by atoms with E-state index in [1.54, 1.807) is 0 Å². The molecule has 0 radical (unpaired) electrons. The summed E-state index contributed by atoms with van der Waals surface area (Å²) in [4.78, 5) is 5.89. The highest BCUT2D eigenvalue weighted by Gasteiger charge is 2.08. The molecule has 1 aromatic rings. The summed E-state index contributed by atoms with van der Waals surface area (Å²) in [5.41, 5.74) is 3.60. The molecule has 1 heterocycles. The first kappa shape index (κ1) is 10.1. The fourth-order valence-corrected chi connectivity index (χ4v) is 3.35. The highest BCUT2D eigenvalue weighted by molar-refractivity contribution is 9.08. The monoisotopic (exact) mass is 269 g/mol. The number of hydrogen-bond donors (Lipinski definition) is 0. The molecule has 0 amide bonds. The van der Waals surface area contributed by atoms with Gasteiger partial charge in [-0.05, 0) is 36.2 Å². The summed E-state index contributed by atoms with van der Waals surface area (Å²) in [6.07, 6.45) is 2.25. The lowest BCUT2D eigenvalue weighted by Gasteiger charge is -2.14. The third kappa shape index (κ3) is 1.84. The smallest absolute Gasteiger partial charge is 0.0764 e. The topological polar surface area (TPSA) is 12.4 Å². The molecule has 0 saturated heterocycles. The van der Waals surface area contributed by atoms with Crippen molar-refractivity contribution in [2.45, 2.75) is 17.1 Å². The van der Waals surface area contributed by atoms with Gasteiger partial charge in [-0.3, -0.25) is 4.99 Å². The van der Waals surface area contributed by atoms with Gasteiger partial charge in [-0.25, -0.2) is 0 Å². The number of halogens is 1. The van der Waals surface area contributed by atoms with Crippen LogP contribution in [0.15, 0.2) is 28.1 Å². The normalized spacial score (nSPS) is 19.6. The largest absolute Gasteiger partial charge is 0.252 e. The van der Waals surface area contributed by atoms with E-state index in [0.29, 0.717) is 0 Å². The molecule has 0 aromatic heterocycles. The highest BCUT2D eigenvalue weighted by atomic mass is 79.9. The highest BCUT2D eigenvalue weighted by Crippen LogP contribution is 2.36. The summed E-state index contributed by atoms with van der Waals surface area (Å²) in [5.74, 6) is 0. The van der Waals surface area contributed by atoms with Gasteiger partial charge in [0, 0.05) is 15.9 Å². The Labute approximate surface area is 95.3 Å². The van der Waals surface area contributed by atoms with E-state index in [4.69, 9.17) is 0 Å². The summed E-state index contributed by atoms with van der Waals surface area (Å²) >= 11 is 3.47. The second kappa shape index (κ2) is 3.99. The van der Waals surface area contributed by atoms with E-state index < -0.39 is 0 Å². The Hall–Kier alpha value is -0.410. The Bertz CT molecular complexity index is 435. The van der Waals surface area contributed by atoms with E-state index >= 15 is 0 Å². The van der Waals surface area contributed by atoms with E-state index in [9.17, 15) is 0 Å². The lowest BCUT2D eigenvalue weighted by Crippen LogP contribution is -1.98. The molecular weight excluding hydrogens is 258 g/mol. The average Bonchev–Trinajstić information content (AvgIpc) is 2.17. The van der Waals surface area contributed by atoms with Gasteiger partial charge < -0.3 is 0 Å². The molecule has 0 N–H and O–H groups in total. The predicted molar refractivity (Wildman–Crippen MR) is 69.7 cm³/mol.